The molecule has 130 valence electrons. The molecule has 0 aliphatic heterocycles. The molecule has 1 N–H and O–H groups in total. The van der Waals surface area contributed by atoms with Crippen LogP contribution in [0.5, 0.6) is 0 Å². The molecule has 0 saturated carbocycles. The number of carbonyl (C=O) groups is 2. The van der Waals surface area contributed by atoms with Gasteiger partial charge in [0, 0.05) is 21.8 Å². The molecule has 8 heteroatoms. The lowest BCUT2D eigenvalue weighted by Crippen LogP contribution is -2.30. The minimum absolute atomic E-state index is 0.0532. The molecule has 2 aromatic carbocycles. The number of nitro groups is 1. The number of carbonyl (C=O) groups excluding carboxylic acids is 2. The number of nitrogens with one attached hydrogen (secondary N) is 1. The van der Waals surface area contributed by atoms with Crippen molar-refractivity contribution in [1.29, 1.82) is 0 Å². The number of esters is 1. The van der Waals surface area contributed by atoms with E-state index in [4.69, 9.17) is 4.74 Å². The van der Waals surface area contributed by atoms with Crippen molar-refractivity contribution in [3.05, 3.63) is 68.2 Å². The summed E-state index contributed by atoms with van der Waals surface area (Å²) in [6, 6.07) is 11.0. The Hall–Kier alpha value is -2.74. The van der Waals surface area contributed by atoms with Gasteiger partial charge in [-0.3, -0.25) is 14.9 Å². The fourth-order valence-electron chi connectivity index (χ4n) is 2.10. The highest BCUT2D eigenvalue weighted by molar-refractivity contribution is 9.10. The van der Waals surface area contributed by atoms with E-state index in [1.54, 1.807) is 24.3 Å². The molecule has 0 radical (unpaired) electrons. The second-order valence-electron chi connectivity index (χ2n) is 5.25. The Morgan fingerprint density at radius 1 is 1.20 bits per heavy atom. The zero-order valence-corrected chi connectivity index (χ0v) is 15.1. The Morgan fingerprint density at radius 3 is 2.44 bits per heavy atom. The van der Waals surface area contributed by atoms with Crippen molar-refractivity contribution in [2.24, 2.45) is 0 Å². The minimum atomic E-state index is -1.06. The molecular formula is C17H15BrN2O5. The van der Waals surface area contributed by atoms with Gasteiger partial charge in [0.15, 0.2) is 6.10 Å². The van der Waals surface area contributed by atoms with Crippen LogP contribution in [0, 0.1) is 17.0 Å². The van der Waals surface area contributed by atoms with Gasteiger partial charge in [0.2, 0.25) is 0 Å². The van der Waals surface area contributed by atoms with Crippen molar-refractivity contribution >= 4 is 39.2 Å². The monoisotopic (exact) mass is 406 g/mol. The normalized spacial score (nSPS) is 11.5. The van der Waals surface area contributed by atoms with E-state index in [0.717, 1.165) is 4.47 Å². The van der Waals surface area contributed by atoms with Gasteiger partial charge in [-0.15, -0.1) is 0 Å². The summed E-state index contributed by atoms with van der Waals surface area (Å²) in [5.74, 6) is -1.29. The quantitative estimate of drug-likeness (QED) is 0.461. The smallest absolute Gasteiger partial charge is 0.339 e. The van der Waals surface area contributed by atoms with E-state index in [9.17, 15) is 19.7 Å². The third-order valence-corrected chi connectivity index (χ3v) is 4.02. The molecule has 0 spiro atoms. The second kappa shape index (κ2) is 7.89. The lowest BCUT2D eigenvalue weighted by Gasteiger charge is -2.14. The third kappa shape index (κ3) is 4.63. The van der Waals surface area contributed by atoms with Gasteiger partial charge < -0.3 is 10.1 Å². The molecule has 0 bridgehead atoms. The first-order valence-electron chi connectivity index (χ1n) is 7.31. The van der Waals surface area contributed by atoms with Crippen LogP contribution in [0.2, 0.25) is 0 Å². The van der Waals surface area contributed by atoms with E-state index < -0.39 is 22.9 Å². The van der Waals surface area contributed by atoms with Crippen LogP contribution in [0.15, 0.2) is 46.9 Å². The summed E-state index contributed by atoms with van der Waals surface area (Å²) >= 11 is 3.29. The van der Waals surface area contributed by atoms with Gasteiger partial charge in [0.05, 0.1) is 10.5 Å². The maximum atomic E-state index is 12.2. The van der Waals surface area contributed by atoms with Crippen LogP contribution in [0.4, 0.5) is 11.4 Å². The van der Waals surface area contributed by atoms with E-state index in [1.807, 2.05) is 0 Å². The Labute approximate surface area is 152 Å². The Kier molecular flexibility index (Phi) is 5.87. The first kappa shape index (κ1) is 18.6. The van der Waals surface area contributed by atoms with Gasteiger partial charge >= 0.3 is 5.97 Å². The SMILES string of the molecule is Cc1c(C(=O)O[C@H](C)C(=O)Nc2ccc(Br)cc2)cccc1[N+](=O)[O-]. The summed E-state index contributed by atoms with van der Waals surface area (Å²) in [6.07, 6.45) is -1.06. The van der Waals surface area contributed by atoms with E-state index in [1.165, 1.54) is 32.0 Å². The van der Waals surface area contributed by atoms with Crippen LogP contribution in [-0.2, 0) is 9.53 Å². The molecule has 0 aliphatic rings. The highest BCUT2D eigenvalue weighted by Crippen LogP contribution is 2.22. The molecule has 1 atom stereocenters. The maximum Gasteiger partial charge on any atom is 0.339 e. The molecule has 25 heavy (non-hydrogen) atoms. The highest BCUT2D eigenvalue weighted by atomic mass is 79.9. The molecule has 0 unspecified atom stereocenters. The Balaban J connectivity index is 2.07. The number of benzene rings is 2. The molecule has 0 fully saturated rings. The average molecular weight is 407 g/mol. The predicted molar refractivity (Wildman–Crippen MR) is 95.5 cm³/mol. The standard InChI is InChI=1S/C17H15BrN2O5/c1-10-14(4-3-5-15(10)20(23)24)17(22)25-11(2)16(21)19-13-8-6-12(18)7-9-13/h3-9,11H,1-2H3,(H,19,21)/t11-/m1/s1. The maximum absolute atomic E-state index is 12.2. The van der Waals surface area contributed by atoms with Gasteiger partial charge in [-0.2, -0.15) is 0 Å². The van der Waals surface area contributed by atoms with E-state index in [2.05, 4.69) is 21.2 Å². The van der Waals surface area contributed by atoms with Crippen molar-refractivity contribution < 1.29 is 19.2 Å². The van der Waals surface area contributed by atoms with Crippen LogP contribution in [0.25, 0.3) is 0 Å². The minimum Gasteiger partial charge on any atom is -0.449 e. The number of halogens is 1. The van der Waals surface area contributed by atoms with Crippen molar-refractivity contribution in [3.8, 4) is 0 Å². The van der Waals surface area contributed by atoms with Crippen LogP contribution in [0.1, 0.15) is 22.8 Å². The number of amides is 1. The Bertz CT molecular complexity index is 820. The van der Waals surface area contributed by atoms with Gasteiger partial charge in [-0.25, -0.2) is 4.79 Å². The van der Waals surface area contributed by atoms with E-state index in [-0.39, 0.29) is 16.8 Å². The molecule has 0 aromatic heterocycles. The van der Waals surface area contributed by atoms with Gasteiger partial charge in [-0.05, 0) is 44.2 Å². The first-order chi connectivity index (χ1) is 11.8. The van der Waals surface area contributed by atoms with Crippen molar-refractivity contribution in [2.75, 3.05) is 5.32 Å². The van der Waals surface area contributed by atoms with Crippen LogP contribution < -0.4 is 5.32 Å². The van der Waals surface area contributed by atoms with Gasteiger partial charge in [0.25, 0.3) is 11.6 Å². The summed E-state index contributed by atoms with van der Waals surface area (Å²) in [5.41, 5.74) is 0.625. The summed E-state index contributed by atoms with van der Waals surface area (Å²) in [7, 11) is 0. The van der Waals surface area contributed by atoms with Crippen molar-refractivity contribution in [2.45, 2.75) is 20.0 Å². The topological polar surface area (TPSA) is 98.5 Å². The van der Waals surface area contributed by atoms with Crippen LogP contribution in [0.3, 0.4) is 0 Å². The lowest BCUT2D eigenvalue weighted by atomic mass is 10.1. The summed E-state index contributed by atoms with van der Waals surface area (Å²) < 4.78 is 5.99. The number of ether oxygens (including phenoxy) is 1. The van der Waals surface area contributed by atoms with Crippen molar-refractivity contribution in [1.82, 2.24) is 0 Å². The summed E-state index contributed by atoms with van der Waals surface area (Å²) in [6.45, 7) is 2.89. The molecule has 0 heterocycles. The van der Waals surface area contributed by atoms with E-state index in [0.29, 0.717) is 5.69 Å². The lowest BCUT2D eigenvalue weighted by molar-refractivity contribution is -0.385. The number of hydrogen-bond donors (Lipinski definition) is 1. The largest absolute Gasteiger partial charge is 0.449 e. The van der Waals surface area contributed by atoms with Crippen LogP contribution >= 0.6 is 15.9 Å². The van der Waals surface area contributed by atoms with Crippen LogP contribution in [-0.4, -0.2) is 22.9 Å². The number of anilines is 1. The zero-order chi connectivity index (χ0) is 18.6. The molecule has 2 rings (SSSR count). The first-order valence-corrected chi connectivity index (χ1v) is 8.10. The third-order valence-electron chi connectivity index (χ3n) is 3.49. The van der Waals surface area contributed by atoms with Crippen molar-refractivity contribution in [3.63, 3.8) is 0 Å². The molecule has 0 aliphatic carbocycles. The van der Waals surface area contributed by atoms with Gasteiger partial charge in [-0.1, -0.05) is 22.0 Å². The zero-order valence-electron chi connectivity index (χ0n) is 13.5. The Morgan fingerprint density at radius 2 is 1.84 bits per heavy atom. The molecule has 0 saturated heterocycles. The van der Waals surface area contributed by atoms with Gasteiger partial charge in [0.1, 0.15) is 0 Å². The highest BCUT2D eigenvalue weighted by Gasteiger charge is 2.23. The second-order valence-corrected chi connectivity index (χ2v) is 6.17. The molecular weight excluding hydrogens is 392 g/mol. The van der Waals surface area contributed by atoms with E-state index >= 15 is 0 Å². The number of hydrogen-bond acceptors (Lipinski definition) is 5. The molecule has 2 aromatic rings. The average Bonchev–Trinajstić information content (AvgIpc) is 2.56. The summed E-state index contributed by atoms with van der Waals surface area (Å²) in [5, 5.41) is 13.6. The predicted octanol–water partition coefficient (Wildman–Crippen LogP) is 3.85. The molecule has 1 amide bonds. The fourth-order valence-corrected chi connectivity index (χ4v) is 2.36. The molecule has 7 nitrogen and oxygen atoms in total. The summed E-state index contributed by atoms with van der Waals surface area (Å²) in [4.78, 5) is 34.7. The number of nitrogens with zero attached hydrogens (tertiary/aromatic N) is 1. The number of rotatable bonds is 5. The fraction of sp³-hybridized carbons (Fsp3) is 0.176. The number of nitro benzene ring substituents is 1.